The average Bonchev–Trinajstić information content (AvgIpc) is 3.22. The number of carbonyl (C=O) groups excluding carboxylic acids is 3. The van der Waals surface area contributed by atoms with Crippen molar-refractivity contribution in [1.29, 1.82) is 0 Å². The number of thiazole rings is 1. The van der Waals surface area contributed by atoms with Gasteiger partial charge >= 0.3 is 5.97 Å². The zero-order chi connectivity index (χ0) is 19.7. The van der Waals surface area contributed by atoms with Crippen molar-refractivity contribution in [1.82, 2.24) is 9.88 Å². The SMILES string of the molecule is COC(=O)c1nc(NC(=O)[C@@H](C)N2Cc3ccccc3C2=O)sc1C(C)C. The molecule has 3 rings (SSSR count). The van der Waals surface area contributed by atoms with E-state index < -0.39 is 12.0 Å². The van der Waals surface area contributed by atoms with Crippen molar-refractivity contribution >= 4 is 34.3 Å². The van der Waals surface area contributed by atoms with Crippen molar-refractivity contribution in [3.8, 4) is 0 Å². The Hall–Kier alpha value is -2.74. The molecule has 8 heteroatoms. The van der Waals surface area contributed by atoms with Crippen LogP contribution in [0.15, 0.2) is 24.3 Å². The molecule has 0 spiro atoms. The van der Waals surface area contributed by atoms with Crippen molar-refractivity contribution < 1.29 is 19.1 Å². The highest BCUT2D eigenvalue weighted by Gasteiger charge is 2.34. The maximum Gasteiger partial charge on any atom is 0.357 e. The second-order valence-corrected chi connectivity index (χ2v) is 7.66. The predicted molar refractivity (Wildman–Crippen MR) is 102 cm³/mol. The topological polar surface area (TPSA) is 88.6 Å². The van der Waals surface area contributed by atoms with Gasteiger partial charge in [-0.05, 0) is 24.5 Å². The third-order valence-corrected chi connectivity index (χ3v) is 5.75. The van der Waals surface area contributed by atoms with E-state index in [-0.39, 0.29) is 23.4 Å². The molecule has 0 aliphatic carbocycles. The second-order valence-electron chi connectivity index (χ2n) is 6.63. The minimum atomic E-state index is -0.669. The number of hydrogen-bond acceptors (Lipinski definition) is 6. The highest BCUT2D eigenvalue weighted by molar-refractivity contribution is 7.16. The number of aromatic nitrogens is 1. The monoisotopic (exact) mass is 387 g/mol. The van der Waals surface area contributed by atoms with Crippen LogP contribution < -0.4 is 5.32 Å². The van der Waals surface area contributed by atoms with E-state index in [1.807, 2.05) is 32.0 Å². The van der Waals surface area contributed by atoms with Gasteiger partial charge in [-0.3, -0.25) is 9.59 Å². The highest BCUT2D eigenvalue weighted by atomic mass is 32.1. The molecule has 1 aliphatic heterocycles. The first kappa shape index (κ1) is 19.0. The first-order valence-electron chi connectivity index (χ1n) is 8.62. The zero-order valence-corrected chi connectivity index (χ0v) is 16.4. The van der Waals surface area contributed by atoms with Crippen LogP contribution in [0.25, 0.3) is 0 Å². The summed E-state index contributed by atoms with van der Waals surface area (Å²) in [4.78, 5) is 43.6. The summed E-state index contributed by atoms with van der Waals surface area (Å²) in [7, 11) is 1.29. The van der Waals surface area contributed by atoms with Crippen LogP contribution in [0.5, 0.6) is 0 Å². The molecule has 1 atom stereocenters. The molecule has 0 unspecified atom stereocenters. The van der Waals surface area contributed by atoms with Gasteiger partial charge in [-0.2, -0.15) is 0 Å². The summed E-state index contributed by atoms with van der Waals surface area (Å²) in [6.45, 7) is 5.95. The molecule has 0 bridgehead atoms. The fourth-order valence-corrected chi connectivity index (χ4v) is 3.92. The molecule has 1 N–H and O–H groups in total. The molecule has 0 radical (unpaired) electrons. The molecule has 1 aromatic heterocycles. The lowest BCUT2D eigenvalue weighted by Crippen LogP contribution is -2.42. The van der Waals surface area contributed by atoms with Gasteiger partial charge in [0.25, 0.3) is 5.91 Å². The van der Waals surface area contributed by atoms with E-state index in [4.69, 9.17) is 4.74 Å². The maximum absolute atomic E-state index is 12.7. The molecule has 0 fully saturated rings. The molecule has 2 heterocycles. The minimum absolute atomic E-state index is 0.0642. The van der Waals surface area contributed by atoms with Crippen LogP contribution in [0.3, 0.4) is 0 Å². The molecule has 1 aliphatic rings. The number of carbonyl (C=O) groups is 3. The molecular weight excluding hydrogens is 366 g/mol. The van der Waals surface area contributed by atoms with Gasteiger partial charge in [-0.15, -0.1) is 11.3 Å². The minimum Gasteiger partial charge on any atom is -0.464 e. The number of anilines is 1. The number of nitrogens with zero attached hydrogens (tertiary/aromatic N) is 2. The third kappa shape index (κ3) is 3.57. The zero-order valence-electron chi connectivity index (χ0n) is 15.6. The van der Waals surface area contributed by atoms with Gasteiger partial charge in [0.2, 0.25) is 5.91 Å². The number of rotatable bonds is 5. The van der Waals surface area contributed by atoms with E-state index in [0.717, 1.165) is 10.4 Å². The summed E-state index contributed by atoms with van der Waals surface area (Å²) in [6.07, 6.45) is 0. The smallest absolute Gasteiger partial charge is 0.357 e. The Kier molecular flexibility index (Phi) is 5.27. The number of hydrogen-bond donors (Lipinski definition) is 1. The molecular formula is C19H21N3O4S. The van der Waals surface area contributed by atoms with Crippen molar-refractivity contribution in [2.24, 2.45) is 0 Å². The summed E-state index contributed by atoms with van der Waals surface area (Å²) in [5, 5.41) is 3.05. The predicted octanol–water partition coefficient (Wildman–Crippen LogP) is 3.04. The maximum atomic E-state index is 12.7. The van der Waals surface area contributed by atoms with Crippen LogP contribution >= 0.6 is 11.3 Å². The standard InChI is InChI=1S/C19H21N3O4S/c1-10(2)15-14(18(25)26-4)20-19(27-15)21-16(23)11(3)22-9-12-7-5-6-8-13(12)17(22)24/h5-8,10-11H,9H2,1-4H3,(H,20,21,23)/t11-/m1/s1. The number of esters is 1. The number of benzene rings is 1. The number of methoxy groups -OCH3 is 1. The van der Waals surface area contributed by atoms with Gasteiger partial charge in [0, 0.05) is 17.0 Å². The number of nitrogens with one attached hydrogen (secondary N) is 1. The van der Waals surface area contributed by atoms with Crippen LogP contribution in [-0.4, -0.2) is 40.8 Å². The number of fused-ring (bicyclic) bond motifs is 1. The molecule has 142 valence electrons. The summed E-state index contributed by atoms with van der Waals surface area (Å²) in [5.41, 5.74) is 1.75. The molecule has 1 aromatic carbocycles. The van der Waals surface area contributed by atoms with Crippen LogP contribution in [0.1, 0.15) is 58.0 Å². The van der Waals surface area contributed by atoms with Crippen LogP contribution in [-0.2, 0) is 16.1 Å². The lowest BCUT2D eigenvalue weighted by molar-refractivity contribution is -0.120. The van der Waals surface area contributed by atoms with Gasteiger partial charge < -0.3 is 15.0 Å². The lowest BCUT2D eigenvalue weighted by Gasteiger charge is -2.22. The first-order chi connectivity index (χ1) is 12.8. The molecule has 2 aromatic rings. The largest absolute Gasteiger partial charge is 0.464 e. The molecule has 0 saturated carbocycles. The average molecular weight is 387 g/mol. The van der Waals surface area contributed by atoms with E-state index in [9.17, 15) is 14.4 Å². The Morgan fingerprint density at radius 3 is 2.59 bits per heavy atom. The highest BCUT2D eigenvalue weighted by Crippen LogP contribution is 2.31. The summed E-state index contributed by atoms with van der Waals surface area (Å²) < 4.78 is 4.76. The van der Waals surface area contributed by atoms with Crippen molar-refractivity contribution in [3.05, 3.63) is 46.0 Å². The van der Waals surface area contributed by atoms with E-state index in [2.05, 4.69) is 10.3 Å². The van der Waals surface area contributed by atoms with Gasteiger partial charge in [0.1, 0.15) is 6.04 Å². The third-order valence-electron chi connectivity index (χ3n) is 4.48. The van der Waals surface area contributed by atoms with E-state index in [1.165, 1.54) is 23.3 Å². The second kappa shape index (κ2) is 7.48. The Morgan fingerprint density at radius 2 is 1.96 bits per heavy atom. The molecule has 0 saturated heterocycles. The Morgan fingerprint density at radius 1 is 1.26 bits per heavy atom. The Bertz CT molecular complexity index is 906. The quantitative estimate of drug-likeness (QED) is 0.797. The first-order valence-corrected chi connectivity index (χ1v) is 9.44. The number of ether oxygens (including phenoxy) is 1. The summed E-state index contributed by atoms with van der Waals surface area (Å²) in [6, 6.07) is 6.66. The number of amides is 2. The van der Waals surface area contributed by atoms with E-state index >= 15 is 0 Å². The van der Waals surface area contributed by atoms with Crippen LogP contribution in [0, 0.1) is 0 Å². The Balaban J connectivity index is 1.76. The van der Waals surface area contributed by atoms with Crippen LogP contribution in [0.2, 0.25) is 0 Å². The normalized spacial score (nSPS) is 14.3. The lowest BCUT2D eigenvalue weighted by atomic mass is 10.1. The molecule has 27 heavy (non-hydrogen) atoms. The van der Waals surface area contributed by atoms with Crippen molar-refractivity contribution in [3.63, 3.8) is 0 Å². The molecule has 2 amide bonds. The van der Waals surface area contributed by atoms with Gasteiger partial charge in [0.05, 0.1) is 7.11 Å². The Labute approximate surface area is 161 Å². The molecule has 7 nitrogen and oxygen atoms in total. The van der Waals surface area contributed by atoms with Gasteiger partial charge in [-0.25, -0.2) is 9.78 Å². The fraction of sp³-hybridized carbons (Fsp3) is 0.368. The van der Waals surface area contributed by atoms with Crippen molar-refractivity contribution in [2.75, 3.05) is 12.4 Å². The van der Waals surface area contributed by atoms with Gasteiger partial charge in [-0.1, -0.05) is 32.0 Å². The fourth-order valence-electron chi connectivity index (χ4n) is 2.96. The van der Waals surface area contributed by atoms with Crippen molar-refractivity contribution in [2.45, 2.75) is 39.3 Å². The summed E-state index contributed by atoms with van der Waals surface area (Å²) >= 11 is 1.24. The van der Waals surface area contributed by atoms with E-state index in [0.29, 0.717) is 17.2 Å². The van der Waals surface area contributed by atoms with Crippen LogP contribution in [0.4, 0.5) is 5.13 Å². The van der Waals surface area contributed by atoms with Gasteiger partial charge in [0.15, 0.2) is 10.8 Å². The summed E-state index contributed by atoms with van der Waals surface area (Å²) in [5.74, 6) is -0.981. The van der Waals surface area contributed by atoms with E-state index in [1.54, 1.807) is 13.0 Å².